The highest BCUT2D eigenvalue weighted by atomic mass is 35.5. The zero-order valence-electron chi connectivity index (χ0n) is 14.7. The fraction of sp³-hybridized carbons (Fsp3) is 0.562. The zero-order valence-corrected chi connectivity index (χ0v) is 15.5. The van der Waals surface area contributed by atoms with Crippen molar-refractivity contribution in [2.45, 2.75) is 45.7 Å². The van der Waals surface area contributed by atoms with Crippen LogP contribution in [-0.4, -0.2) is 57.7 Å². The van der Waals surface area contributed by atoms with Crippen molar-refractivity contribution in [3.8, 4) is 0 Å². The number of fused-ring (bicyclic) bond motifs is 2. The Morgan fingerprint density at radius 2 is 1.84 bits per heavy atom. The Kier molecular flexibility index (Phi) is 8.77. The third-order valence-corrected chi connectivity index (χ3v) is 3.46. The lowest BCUT2D eigenvalue weighted by molar-refractivity contribution is -0.164. The van der Waals surface area contributed by atoms with Crippen LogP contribution in [0.1, 0.15) is 27.7 Å². The molecule has 2 saturated heterocycles. The van der Waals surface area contributed by atoms with Gasteiger partial charge in [-0.15, -0.1) is 0 Å². The van der Waals surface area contributed by atoms with Gasteiger partial charge in [-0.2, -0.15) is 0 Å². The minimum Gasteiger partial charge on any atom is -0.483 e. The summed E-state index contributed by atoms with van der Waals surface area (Å²) in [6, 6.07) is 1.84. The molecule has 0 spiro atoms. The molecule has 140 valence electrons. The lowest BCUT2D eigenvalue weighted by Gasteiger charge is -2.17. The van der Waals surface area contributed by atoms with Crippen molar-refractivity contribution >= 4 is 29.1 Å². The first-order valence-electron chi connectivity index (χ1n) is 7.91. The van der Waals surface area contributed by atoms with Crippen molar-refractivity contribution < 1.29 is 24.1 Å². The van der Waals surface area contributed by atoms with Crippen molar-refractivity contribution in [2.24, 2.45) is 0 Å². The number of hydrogen-bond acceptors (Lipinski definition) is 6. The van der Waals surface area contributed by atoms with Gasteiger partial charge in [0.05, 0.1) is 18.6 Å². The largest absolute Gasteiger partial charge is 0.483 e. The van der Waals surface area contributed by atoms with E-state index in [-0.39, 0.29) is 24.5 Å². The van der Waals surface area contributed by atoms with Gasteiger partial charge in [-0.1, -0.05) is 25.4 Å². The summed E-state index contributed by atoms with van der Waals surface area (Å²) in [5, 5.41) is 8.25. The summed E-state index contributed by atoms with van der Waals surface area (Å²) in [6.45, 7) is 9.00. The van der Waals surface area contributed by atoms with Gasteiger partial charge in [0.2, 0.25) is 0 Å². The summed E-state index contributed by atoms with van der Waals surface area (Å²) >= 11 is 5.73. The first-order valence-corrected chi connectivity index (χ1v) is 8.29. The van der Waals surface area contributed by atoms with E-state index in [9.17, 15) is 0 Å². The average Bonchev–Trinajstić information content (AvgIpc) is 3.25. The van der Waals surface area contributed by atoms with Crippen molar-refractivity contribution in [1.29, 1.82) is 0 Å². The molecule has 2 N–H and O–H groups in total. The molecule has 2 atom stereocenters. The highest BCUT2D eigenvalue weighted by molar-refractivity contribution is 6.33. The van der Waals surface area contributed by atoms with E-state index < -0.39 is 0 Å². The number of ether oxygens (including phenoxy) is 3. The van der Waals surface area contributed by atoms with E-state index in [1.54, 1.807) is 6.20 Å². The third kappa shape index (κ3) is 6.24. The Morgan fingerprint density at radius 3 is 2.36 bits per heavy atom. The van der Waals surface area contributed by atoms with E-state index in [4.69, 9.17) is 35.7 Å². The second-order valence-corrected chi connectivity index (χ2v) is 5.62. The predicted octanol–water partition coefficient (Wildman–Crippen LogP) is 2.88. The molecule has 0 saturated carbocycles. The highest BCUT2D eigenvalue weighted by Gasteiger charge is 2.44. The van der Waals surface area contributed by atoms with Crippen LogP contribution in [-0.2, 0) is 19.0 Å². The van der Waals surface area contributed by atoms with E-state index in [1.165, 1.54) is 6.33 Å². The van der Waals surface area contributed by atoms with Crippen LogP contribution >= 0.6 is 11.6 Å². The number of aromatic amines is 1. The summed E-state index contributed by atoms with van der Waals surface area (Å²) in [7, 11) is 0. The van der Waals surface area contributed by atoms with Gasteiger partial charge in [0, 0.05) is 6.20 Å². The molecule has 0 aliphatic carbocycles. The maximum absolute atomic E-state index is 8.36. The standard InChI is InChI=1S/C7H12O3.C6H4ClN3.C2H6.CH2O2/c1-7(2)9-5-3-8-4-6(5)10-7;7-5-4-1-2-8-6(4)10-3-9-5;1-2;2-1-3/h5-6H,3-4H2,1-2H3;1-3H,(H,8,9,10);1-2H3;1H,(H,2,3). The molecule has 2 aliphatic heterocycles. The van der Waals surface area contributed by atoms with Gasteiger partial charge >= 0.3 is 0 Å². The molecule has 2 unspecified atom stereocenters. The van der Waals surface area contributed by atoms with Gasteiger partial charge in [0.25, 0.3) is 6.47 Å². The van der Waals surface area contributed by atoms with Gasteiger partial charge in [0.1, 0.15) is 29.3 Å². The maximum Gasteiger partial charge on any atom is 0.290 e. The van der Waals surface area contributed by atoms with Gasteiger partial charge in [-0.25, -0.2) is 9.97 Å². The summed E-state index contributed by atoms with van der Waals surface area (Å²) in [6.07, 6.45) is 3.57. The molecule has 4 rings (SSSR count). The molecular weight excluding hydrogens is 350 g/mol. The van der Waals surface area contributed by atoms with E-state index in [1.807, 2.05) is 33.8 Å². The Labute approximate surface area is 151 Å². The van der Waals surface area contributed by atoms with Crippen LogP contribution in [0.4, 0.5) is 0 Å². The lowest BCUT2D eigenvalue weighted by atomic mass is 10.3. The average molecular weight is 374 g/mol. The minimum atomic E-state index is -0.390. The number of hydrogen-bond donors (Lipinski definition) is 2. The summed E-state index contributed by atoms with van der Waals surface area (Å²) in [5.41, 5.74) is 0.778. The first-order chi connectivity index (χ1) is 12.0. The van der Waals surface area contributed by atoms with Gasteiger partial charge in [-0.05, 0) is 19.9 Å². The monoisotopic (exact) mass is 373 g/mol. The number of carbonyl (C=O) groups is 1. The van der Waals surface area contributed by atoms with Crippen LogP contribution in [0.15, 0.2) is 18.6 Å². The SMILES string of the molecule is CC.CC1(C)OC2COCC2O1.Clc1ncnc2[nH]ccc12.O=CO. The number of nitrogens with one attached hydrogen (secondary N) is 1. The highest BCUT2D eigenvalue weighted by Crippen LogP contribution is 2.31. The van der Waals surface area contributed by atoms with E-state index in [0.717, 1.165) is 11.0 Å². The summed E-state index contributed by atoms with van der Waals surface area (Å²) in [4.78, 5) is 19.1. The van der Waals surface area contributed by atoms with Crippen LogP contribution in [0.5, 0.6) is 0 Å². The van der Waals surface area contributed by atoms with Crippen molar-refractivity contribution in [3.63, 3.8) is 0 Å². The van der Waals surface area contributed by atoms with E-state index in [2.05, 4.69) is 15.0 Å². The molecular formula is C16H24ClN3O5. The molecule has 0 bridgehead atoms. The van der Waals surface area contributed by atoms with Crippen LogP contribution in [0.25, 0.3) is 11.0 Å². The fourth-order valence-electron chi connectivity index (χ4n) is 2.33. The Balaban J connectivity index is 0.000000200. The van der Waals surface area contributed by atoms with Crippen LogP contribution in [0.3, 0.4) is 0 Å². The van der Waals surface area contributed by atoms with Gasteiger partial charge < -0.3 is 24.3 Å². The fourth-order valence-corrected chi connectivity index (χ4v) is 2.53. The number of aromatic nitrogens is 3. The first kappa shape index (κ1) is 21.3. The van der Waals surface area contributed by atoms with Gasteiger partial charge in [-0.3, -0.25) is 4.79 Å². The molecule has 8 nitrogen and oxygen atoms in total. The number of halogens is 1. The molecule has 0 amide bonds. The van der Waals surface area contributed by atoms with Crippen molar-refractivity contribution in [3.05, 3.63) is 23.7 Å². The number of H-pyrrole nitrogens is 1. The van der Waals surface area contributed by atoms with E-state index >= 15 is 0 Å². The molecule has 0 radical (unpaired) electrons. The molecule has 2 aromatic rings. The van der Waals surface area contributed by atoms with Crippen LogP contribution in [0.2, 0.25) is 5.15 Å². The summed E-state index contributed by atoms with van der Waals surface area (Å²) < 4.78 is 16.2. The molecule has 2 aromatic heterocycles. The van der Waals surface area contributed by atoms with Gasteiger partial charge in [0.15, 0.2) is 5.79 Å². The van der Waals surface area contributed by atoms with Crippen LogP contribution in [0, 0.1) is 0 Å². The van der Waals surface area contributed by atoms with Crippen LogP contribution < -0.4 is 0 Å². The number of nitrogens with zero attached hydrogens (tertiary/aromatic N) is 2. The second kappa shape index (κ2) is 10.3. The lowest BCUT2D eigenvalue weighted by Crippen LogP contribution is -2.23. The Hall–Kier alpha value is -1.74. The normalized spacial score (nSPS) is 22.4. The molecule has 9 heteroatoms. The van der Waals surface area contributed by atoms with Crippen molar-refractivity contribution in [1.82, 2.24) is 15.0 Å². The predicted molar refractivity (Wildman–Crippen MR) is 93.6 cm³/mol. The molecule has 4 heterocycles. The summed E-state index contributed by atoms with van der Waals surface area (Å²) in [5.74, 6) is -0.390. The third-order valence-electron chi connectivity index (χ3n) is 3.15. The smallest absolute Gasteiger partial charge is 0.290 e. The molecule has 25 heavy (non-hydrogen) atoms. The quantitative estimate of drug-likeness (QED) is 0.540. The Morgan fingerprint density at radius 1 is 1.28 bits per heavy atom. The molecule has 2 aliphatic rings. The topological polar surface area (TPSA) is 107 Å². The molecule has 2 fully saturated rings. The van der Waals surface area contributed by atoms with E-state index in [0.29, 0.717) is 18.4 Å². The van der Waals surface area contributed by atoms with Crippen molar-refractivity contribution in [2.75, 3.05) is 13.2 Å². The zero-order chi connectivity index (χ0) is 18.9. The minimum absolute atomic E-state index is 0.176. The second-order valence-electron chi connectivity index (χ2n) is 5.26. The number of rotatable bonds is 0. The maximum atomic E-state index is 8.36. The Bertz CT molecular complexity index is 635. The number of carboxylic acid groups (broad SMARTS) is 1. The molecule has 0 aromatic carbocycles.